The summed E-state index contributed by atoms with van der Waals surface area (Å²) in [6, 6.07) is 1.31. The second-order valence-corrected chi connectivity index (χ2v) is 4.91. The zero-order valence-corrected chi connectivity index (χ0v) is 9.90. The van der Waals surface area contributed by atoms with E-state index in [9.17, 15) is 0 Å². The summed E-state index contributed by atoms with van der Waals surface area (Å²) in [4.78, 5) is 7.23. The average Bonchev–Trinajstić information content (AvgIpc) is 2.66. The standard InChI is InChI=1S/C10H14N2S.ClH/c1-7-6-13-10-11-8-4-2-3-5-9(8)12(7)10;/h6,8-9H,2-5H2,1H3;1H. The van der Waals surface area contributed by atoms with Gasteiger partial charge in [-0.2, -0.15) is 0 Å². The minimum Gasteiger partial charge on any atom is -0.319 e. The number of hydrogen-bond acceptors (Lipinski definition) is 3. The SMILES string of the molecule is CC1=CSC2=NC3CCCCC3N12.Cl. The topological polar surface area (TPSA) is 15.6 Å². The first-order chi connectivity index (χ1) is 6.36. The van der Waals surface area contributed by atoms with Crippen LogP contribution in [0, 0.1) is 0 Å². The molecule has 14 heavy (non-hydrogen) atoms. The fourth-order valence-corrected chi connectivity index (χ4v) is 3.56. The van der Waals surface area contributed by atoms with E-state index in [0.717, 1.165) is 0 Å². The van der Waals surface area contributed by atoms with Crippen LogP contribution in [0.3, 0.4) is 0 Å². The molecule has 1 fully saturated rings. The zero-order valence-electron chi connectivity index (χ0n) is 8.27. The van der Waals surface area contributed by atoms with Crippen molar-refractivity contribution in [3.8, 4) is 0 Å². The molecule has 0 bridgehead atoms. The monoisotopic (exact) mass is 230 g/mol. The number of amidine groups is 1. The first-order valence-corrected chi connectivity index (χ1v) is 5.95. The van der Waals surface area contributed by atoms with Crippen molar-refractivity contribution >= 4 is 29.3 Å². The minimum absolute atomic E-state index is 0. The number of thioether (sulfide) groups is 1. The summed E-state index contributed by atoms with van der Waals surface area (Å²) in [5.41, 5.74) is 1.40. The fourth-order valence-electron chi connectivity index (χ4n) is 2.58. The molecule has 2 heterocycles. The van der Waals surface area contributed by atoms with Crippen molar-refractivity contribution in [3.05, 3.63) is 11.1 Å². The molecule has 0 aromatic heterocycles. The minimum atomic E-state index is 0. The molecule has 0 aromatic carbocycles. The van der Waals surface area contributed by atoms with E-state index in [-0.39, 0.29) is 12.4 Å². The molecule has 2 unspecified atom stereocenters. The number of rotatable bonds is 0. The highest BCUT2D eigenvalue weighted by atomic mass is 35.5. The van der Waals surface area contributed by atoms with E-state index in [0.29, 0.717) is 12.1 Å². The summed E-state index contributed by atoms with van der Waals surface area (Å²) in [5, 5.41) is 3.48. The van der Waals surface area contributed by atoms with Gasteiger partial charge in [0.2, 0.25) is 0 Å². The lowest BCUT2D eigenvalue weighted by atomic mass is 9.91. The van der Waals surface area contributed by atoms with Crippen LogP contribution >= 0.6 is 24.2 Å². The Morgan fingerprint density at radius 2 is 2.21 bits per heavy atom. The van der Waals surface area contributed by atoms with E-state index in [1.807, 2.05) is 0 Å². The molecule has 2 atom stereocenters. The summed E-state index contributed by atoms with van der Waals surface area (Å²) in [5.74, 6) is 0. The first-order valence-electron chi connectivity index (χ1n) is 5.07. The van der Waals surface area contributed by atoms with Crippen LogP contribution in [-0.2, 0) is 0 Å². The normalized spacial score (nSPS) is 34.2. The largest absolute Gasteiger partial charge is 0.319 e. The van der Waals surface area contributed by atoms with E-state index in [4.69, 9.17) is 4.99 Å². The van der Waals surface area contributed by atoms with Gasteiger partial charge >= 0.3 is 0 Å². The quantitative estimate of drug-likeness (QED) is 0.636. The molecular weight excluding hydrogens is 216 g/mol. The van der Waals surface area contributed by atoms with E-state index in [1.165, 1.54) is 36.5 Å². The van der Waals surface area contributed by atoms with Crippen LogP contribution in [0.15, 0.2) is 16.1 Å². The van der Waals surface area contributed by atoms with E-state index < -0.39 is 0 Å². The maximum absolute atomic E-state index is 4.78. The predicted octanol–water partition coefficient (Wildman–Crippen LogP) is 3.00. The first kappa shape index (κ1) is 10.4. The van der Waals surface area contributed by atoms with Crippen molar-refractivity contribution in [2.75, 3.05) is 0 Å². The van der Waals surface area contributed by atoms with Crippen molar-refractivity contribution < 1.29 is 0 Å². The van der Waals surface area contributed by atoms with Crippen molar-refractivity contribution in [1.29, 1.82) is 0 Å². The number of fused-ring (bicyclic) bond motifs is 3. The van der Waals surface area contributed by atoms with Gasteiger partial charge in [-0.05, 0) is 25.2 Å². The number of aliphatic imine (C=N–C) groups is 1. The number of allylic oxidation sites excluding steroid dienone is 1. The van der Waals surface area contributed by atoms with E-state index in [1.54, 1.807) is 11.8 Å². The summed E-state index contributed by atoms with van der Waals surface area (Å²) < 4.78 is 0. The highest BCUT2D eigenvalue weighted by Crippen LogP contribution is 2.40. The molecule has 0 amide bonds. The molecule has 1 saturated carbocycles. The molecule has 1 aliphatic carbocycles. The molecular formula is C10H15ClN2S. The summed E-state index contributed by atoms with van der Waals surface area (Å²) in [6.45, 7) is 2.20. The van der Waals surface area contributed by atoms with Gasteiger partial charge in [-0.25, -0.2) is 0 Å². The lowest BCUT2D eigenvalue weighted by Crippen LogP contribution is -2.37. The molecule has 2 nitrogen and oxygen atoms in total. The van der Waals surface area contributed by atoms with Crippen LogP contribution in [0.2, 0.25) is 0 Å². The second-order valence-electron chi connectivity index (χ2n) is 4.08. The Bertz CT molecular complexity index is 300. The predicted molar refractivity (Wildman–Crippen MR) is 63.9 cm³/mol. The Morgan fingerprint density at radius 3 is 3.07 bits per heavy atom. The highest BCUT2D eigenvalue weighted by Gasteiger charge is 2.40. The van der Waals surface area contributed by atoms with Gasteiger partial charge in [0.25, 0.3) is 0 Å². The number of hydrogen-bond donors (Lipinski definition) is 0. The molecule has 4 heteroatoms. The maximum atomic E-state index is 4.78. The van der Waals surface area contributed by atoms with Crippen LogP contribution in [0.1, 0.15) is 32.6 Å². The summed E-state index contributed by atoms with van der Waals surface area (Å²) in [6.07, 6.45) is 5.40. The van der Waals surface area contributed by atoms with Crippen molar-refractivity contribution in [2.24, 2.45) is 4.99 Å². The molecule has 0 N–H and O–H groups in total. The van der Waals surface area contributed by atoms with Crippen molar-refractivity contribution in [3.63, 3.8) is 0 Å². The zero-order chi connectivity index (χ0) is 8.84. The third-order valence-corrected chi connectivity index (χ3v) is 4.19. The lowest BCUT2D eigenvalue weighted by molar-refractivity contribution is 0.284. The molecule has 0 spiro atoms. The van der Waals surface area contributed by atoms with Gasteiger partial charge in [-0.3, -0.25) is 4.99 Å². The van der Waals surface area contributed by atoms with Crippen LogP contribution in [0.4, 0.5) is 0 Å². The third kappa shape index (κ3) is 1.38. The molecule has 0 saturated heterocycles. The maximum Gasteiger partial charge on any atom is 0.168 e. The smallest absolute Gasteiger partial charge is 0.168 e. The summed E-state index contributed by atoms with van der Waals surface area (Å²) >= 11 is 1.80. The number of halogens is 1. The Kier molecular flexibility index (Phi) is 2.80. The molecule has 2 aliphatic heterocycles. The Morgan fingerprint density at radius 1 is 1.43 bits per heavy atom. The van der Waals surface area contributed by atoms with Crippen LogP contribution in [0.25, 0.3) is 0 Å². The fraction of sp³-hybridized carbons (Fsp3) is 0.700. The van der Waals surface area contributed by atoms with Gasteiger partial charge in [0.05, 0.1) is 12.1 Å². The molecule has 78 valence electrons. The van der Waals surface area contributed by atoms with Gasteiger partial charge in [0, 0.05) is 5.70 Å². The molecule has 3 aliphatic rings. The average molecular weight is 231 g/mol. The van der Waals surface area contributed by atoms with Gasteiger partial charge in [0.15, 0.2) is 5.17 Å². The Balaban J connectivity index is 0.000000750. The molecule has 3 rings (SSSR count). The highest BCUT2D eigenvalue weighted by molar-refractivity contribution is 8.16. The van der Waals surface area contributed by atoms with Crippen LogP contribution in [0.5, 0.6) is 0 Å². The summed E-state index contributed by atoms with van der Waals surface area (Å²) in [7, 11) is 0. The number of nitrogens with zero attached hydrogens (tertiary/aromatic N) is 2. The van der Waals surface area contributed by atoms with Crippen LogP contribution < -0.4 is 0 Å². The van der Waals surface area contributed by atoms with Crippen molar-refractivity contribution in [1.82, 2.24) is 4.90 Å². The lowest BCUT2D eigenvalue weighted by Gasteiger charge is -2.30. The van der Waals surface area contributed by atoms with Gasteiger partial charge in [-0.15, -0.1) is 12.4 Å². The molecule has 0 radical (unpaired) electrons. The third-order valence-electron chi connectivity index (χ3n) is 3.22. The second kappa shape index (κ2) is 3.78. The van der Waals surface area contributed by atoms with Gasteiger partial charge in [0.1, 0.15) is 0 Å². The molecule has 0 aromatic rings. The van der Waals surface area contributed by atoms with Crippen molar-refractivity contribution in [2.45, 2.75) is 44.7 Å². The Labute approximate surface area is 95.2 Å². The van der Waals surface area contributed by atoms with E-state index >= 15 is 0 Å². The van der Waals surface area contributed by atoms with E-state index in [2.05, 4.69) is 17.2 Å². The van der Waals surface area contributed by atoms with Gasteiger partial charge in [-0.1, -0.05) is 24.6 Å². The Hall–Kier alpha value is -0.150. The van der Waals surface area contributed by atoms with Crippen LogP contribution in [-0.4, -0.2) is 22.2 Å². The van der Waals surface area contributed by atoms with Gasteiger partial charge < -0.3 is 4.90 Å².